The quantitative estimate of drug-likeness (QED) is 0.586. The van der Waals surface area contributed by atoms with Gasteiger partial charge in [-0.1, -0.05) is 18.2 Å². The molecule has 0 saturated carbocycles. The van der Waals surface area contributed by atoms with Gasteiger partial charge in [-0.15, -0.1) is 0 Å². The average Bonchev–Trinajstić information content (AvgIpc) is 2.61. The molecule has 1 heterocycles. The van der Waals surface area contributed by atoms with Crippen molar-refractivity contribution in [3.05, 3.63) is 46.8 Å². The van der Waals surface area contributed by atoms with Gasteiger partial charge in [-0.2, -0.15) is 0 Å². The molecule has 0 atom stereocenters. The molecule has 2 rings (SSSR count). The van der Waals surface area contributed by atoms with E-state index >= 15 is 0 Å². The number of hydrogen-bond acceptors (Lipinski definition) is 7. The second-order valence-electron chi connectivity index (χ2n) is 5.01. The third kappa shape index (κ3) is 3.60. The molecule has 24 heavy (non-hydrogen) atoms. The van der Waals surface area contributed by atoms with Gasteiger partial charge in [0.2, 0.25) is 11.6 Å². The van der Waals surface area contributed by atoms with Crippen LogP contribution in [0, 0.1) is 10.1 Å². The Kier molecular flexibility index (Phi) is 6.02. The number of likely N-dealkylation sites (N-methyl/N-ethyl adjacent to an activating group) is 1. The maximum absolute atomic E-state index is 11.7. The molecule has 0 fully saturated rings. The summed E-state index contributed by atoms with van der Waals surface area (Å²) >= 11 is 0. The Hall–Kier alpha value is -2.74. The predicted octanol–water partition coefficient (Wildman–Crippen LogP) is 2.36. The average molecular weight is 331 g/mol. The van der Waals surface area contributed by atoms with Crippen LogP contribution in [0.25, 0.3) is 0 Å². The fourth-order valence-electron chi connectivity index (χ4n) is 2.55. The number of rotatable bonds is 8. The van der Waals surface area contributed by atoms with E-state index < -0.39 is 4.92 Å². The summed E-state index contributed by atoms with van der Waals surface area (Å²) in [5.41, 5.74) is 0.663. The van der Waals surface area contributed by atoms with Crippen LogP contribution in [-0.4, -0.2) is 46.2 Å². The molecule has 0 aliphatic rings. The minimum absolute atomic E-state index is 0.111. The van der Waals surface area contributed by atoms with E-state index in [2.05, 4.69) is 9.97 Å². The summed E-state index contributed by atoms with van der Waals surface area (Å²) in [5, 5.41) is 20.9. The Labute approximate surface area is 140 Å². The van der Waals surface area contributed by atoms with Crippen molar-refractivity contribution in [3.8, 4) is 0 Å². The van der Waals surface area contributed by atoms with E-state index in [1.165, 1.54) is 6.33 Å². The lowest BCUT2D eigenvalue weighted by atomic mass is 10.2. The third-order valence-corrected chi connectivity index (χ3v) is 3.66. The first-order valence-electron chi connectivity index (χ1n) is 7.81. The van der Waals surface area contributed by atoms with Crippen LogP contribution in [-0.2, 0) is 0 Å². The first-order valence-corrected chi connectivity index (χ1v) is 7.81. The molecule has 0 unspecified atom stereocenters. The standard InChI is InChI=1S/C16H21N5O3/c1-3-19(10-11-22)15-14(21(23)24)16(18-12-17-15)20(4-2)13-8-6-5-7-9-13/h5-9,12,22H,3-4,10-11H2,1-2H3. The Morgan fingerprint density at radius 1 is 1.12 bits per heavy atom. The molecule has 0 amide bonds. The highest BCUT2D eigenvalue weighted by Gasteiger charge is 2.29. The monoisotopic (exact) mass is 331 g/mol. The van der Waals surface area contributed by atoms with Crippen LogP contribution >= 0.6 is 0 Å². The zero-order valence-electron chi connectivity index (χ0n) is 13.8. The van der Waals surface area contributed by atoms with Crippen LogP contribution in [0.5, 0.6) is 0 Å². The molecule has 1 aromatic carbocycles. The highest BCUT2D eigenvalue weighted by molar-refractivity contribution is 5.76. The number of benzene rings is 1. The Morgan fingerprint density at radius 3 is 2.33 bits per heavy atom. The number of aromatic nitrogens is 2. The number of hydrogen-bond donors (Lipinski definition) is 1. The lowest BCUT2D eigenvalue weighted by molar-refractivity contribution is -0.383. The van der Waals surface area contributed by atoms with E-state index in [-0.39, 0.29) is 30.5 Å². The summed E-state index contributed by atoms with van der Waals surface area (Å²) < 4.78 is 0. The molecule has 0 aliphatic carbocycles. The maximum atomic E-state index is 11.7. The third-order valence-electron chi connectivity index (χ3n) is 3.66. The van der Waals surface area contributed by atoms with Crippen molar-refractivity contribution in [2.45, 2.75) is 13.8 Å². The van der Waals surface area contributed by atoms with Gasteiger partial charge in [-0.05, 0) is 26.0 Å². The highest BCUT2D eigenvalue weighted by atomic mass is 16.6. The number of nitro groups is 1. The summed E-state index contributed by atoms with van der Waals surface area (Å²) in [4.78, 5) is 23.0. The van der Waals surface area contributed by atoms with Gasteiger partial charge < -0.3 is 14.9 Å². The molecule has 8 nitrogen and oxygen atoms in total. The van der Waals surface area contributed by atoms with E-state index in [0.717, 1.165) is 5.69 Å². The maximum Gasteiger partial charge on any atom is 0.353 e. The van der Waals surface area contributed by atoms with Crippen LogP contribution in [0.15, 0.2) is 36.7 Å². The smallest absolute Gasteiger partial charge is 0.353 e. The number of aliphatic hydroxyl groups is 1. The first kappa shape index (κ1) is 17.6. The minimum atomic E-state index is -0.462. The Bertz CT molecular complexity index is 681. The van der Waals surface area contributed by atoms with E-state index in [1.54, 1.807) is 9.80 Å². The first-order chi connectivity index (χ1) is 11.6. The number of para-hydroxylation sites is 1. The van der Waals surface area contributed by atoms with Crippen LogP contribution in [0.4, 0.5) is 23.0 Å². The Morgan fingerprint density at radius 2 is 1.79 bits per heavy atom. The van der Waals surface area contributed by atoms with Crippen LogP contribution in [0.2, 0.25) is 0 Å². The van der Waals surface area contributed by atoms with E-state index in [0.29, 0.717) is 13.1 Å². The number of aliphatic hydroxyl groups excluding tert-OH is 1. The van der Waals surface area contributed by atoms with Crippen LogP contribution in [0.3, 0.4) is 0 Å². The summed E-state index contributed by atoms with van der Waals surface area (Å²) in [6, 6.07) is 9.38. The second kappa shape index (κ2) is 8.21. The largest absolute Gasteiger partial charge is 0.395 e. The normalized spacial score (nSPS) is 10.5. The van der Waals surface area contributed by atoms with Crippen molar-refractivity contribution in [1.82, 2.24) is 9.97 Å². The summed E-state index contributed by atoms with van der Waals surface area (Å²) in [6.45, 7) is 4.94. The molecular formula is C16H21N5O3. The summed E-state index contributed by atoms with van der Waals surface area (Å²) in [7, 11) is 0. The lowest BCUT2D eigenvalue weighted by Gasteiger charge is -2.25. The lowest BCUT2D eigenvalue weighted by Crippen LogP contribution is -2.29. The van der Waals surface area contributed by atoms with Crippen molar-refractivity contribution in [2.24, 2.45) is 0 Å². The molecular weight excluding hydrogens is 310 g/mol. The van der Waals surface area contributed by atoms with Gasteiger partial charge in [0, 0.05) is 25.3 Å². The Balaban J connectivity index is 2.59. The molecule has 0 radical (unpaired) electrons. The van der Waals surface area contributed by atoms with Crippen molar-refractivity contribution in [1.29, 1.82) is 0 Å². The molecule has 0 saturated heterocycles. The van der Waals surface area contributed by atoms with Crippen molar-refractivity contribution in [3.63, 3.8) is 0 Å². The van der Waals surface area contributed by atoms with Gasteiger partial charge >= 0.3 is 5.69 Å². The van der Waals surface area contributed by atoms with Crippen LogP contribution in [0.1, 0.15) is 13.8 Å². The number of nitrogens with zero attached hydrogens (tertiary/aromatic N) is 5. The molecule has 128 valence electrons. The SMILES string of the molecule is CCN(CCO)c1ncnc(N(CC)c2ccccc2)c1[N+](=O)[O-]. The van der Waals surface area contributed by atoms with Crippen molar-refractivity contribution < 1.29 is 10.0 Å². The second-order valence-corrected chi connectivity index (χ2v) is 5.01. The molecule has 8 heteroatoms. The molecule has 0 aliphatic heterocycles. The van der Waals surface area contributed by atoms with Gasteiger partial charge in [-0.25, -0.2) is 9.97 Å². The fourth-order valence-corrected chi connectivity index (χ4v) is 2.55. The van der Waals surface area contributed by atoms with Gasteiger partial charge in [-0.3, -0.25) is 10.1 Å². The zero-order valence-corrected chi connectivity index (χ0v) is 13.8. The molecule has 0 bridgehead atoms. The van der Waals surface area contributed by atoms with Crippen molar-refractivity contribution in [2.75, 3.05) is 36.0 Å². The van der Waals surface area contributed by atoms with Gasteiger partial charge in [0.1, 0.15) is 6.33 Å². The predicted molar refractivity (Wildman–Crippen MR) is 92.8 cm³/mol. The van der Waals surface area contributed by atoms with Gasteiger partial charge in [0.25, 0.3) is 0 Å². The van der Waals surface area contributed by atoms with E-state index in [1.807, 2.05) is 44.2 Å². The summed E-state index contributed by atoms with van der Waals surface area (Å²) in [5.74, 6) is 0.464. The zero-order chi connectivity index (χ0) is 17.5. The molecule has 1 aromatic heterocycles. The minimum Gasteiger partial charge on any atom is -0.395 e. The fraction of sp³-hybridized carbons (Fsp3) is 0.375. The molecule has 2 aromatic rings. The van der Waals surface area contributed by atoms with Crippen molar-refractivity contribution >= 4 is 23.0 Å². The summed E-state index contributed by atoms with van der Waals surface area (Å²) in [6.07, 6.45) is 1.32. The van der Waals surface area contributed by atoms with E-state index in [9.17, 15) is 15.2 Å². The van der Waals surface area contributed by atoms with Crippen LogP contribution < -0.4 is 9.80 Å². The highest BCUT2D eigenvalue weighted by Crippen LogP contribution is 2.37. The van der Waals surface area contributed by atoms with Gasteiger partial charge in [0.05, 0.1) is 11.5 Å². The molecule has 0 spiro atoms. The topological polar surface area (TPSA) is 95.6 Å². The molecule has 1 N–H and O–H groups in total. The van der Waals surface area contributed by atoms with Gasteiger partial charge in [0.15, 0.2) is 0 Å². The number of anilines is 3. The van der Waals surface area contributed by atoms with E-state index in [4.69, 9.17) is 0 Å².